The molecule has 1 aliphatic rings. The van der Waals surface area contributed by atoms with Crippen molar-refractivity contribution < 1.29 is 14.3 Å². The third-order valence-electron chi connectivity index (χ3n) is 5.51. The third kappa shape index (κ3) is 5.51. The summed E-state index contributed by atoms with van der Waals surface area (Å²) in [5.41, 5.74) is 3.95. The lowest BCUT2D eigenvalue weighted by atomic mass is 10.0. The Morgan fingerprint density at radius 2 is 1.86 bits per heavy atom. The van der Waals surface area contributed by atoms with Crippen LogP contribution in [0.1, 0.15) is 22.3 Å². The van der Waals surface area contributed by atoms with Crippen LogP contribution in [0, 0.1) is 6.92 Å². The number of benzene rings is 3. The predicted octanol–water partition coefficient (Wildman–Crippen LogP) is 6.44. The number of allylic oxidation sites excluding steroid dienone is 1. The SMILES string of the molecule is C=CCc1cc(/C=C2\C(=O)NC(=S)N(c3cccc(Cl)c3Cl)C2=O)ccc1OCc1cccc(C)c1. The molecule has 3 aromatic carbocycles. The molecule has 0 spiro atoms. The second-order valence-electron chi connectivity index (χ2n) is 8.17. The molecule has 0 unspecified atom stereocenters. The summed E-state index contributed by atoms with van der Waals surface area (Å²) in [5, 5.41) is 2.91. The molecule has 182 valence electrons. The molecule has 1 fully saturated rings. The number of anilines is 1. The van der Waals surface area contributed by atoms with E-state index in [1.54, 1.807) is 30.3 Å². The van der Waals surface area contributed by atoms with Crippen LogP contribution in [-0.4, -0.2) is 16.9 Å². The maximum absolute atomic E-state index is 13.3. The second-order valence-corrected chi connectivity index (χ2v) is 9.34. The van der Waals surface area contributed by atoms with Gasteiger partial charge in [-0.25, -0.2) is 0 Å². The van der Waals surface area contributed by atoms with Crippen molar-refractivity contribution in [3.8, 4) is 5.75 Å². The van der Waals surface area contributed by atoms with E-state index in [1.807, 2.05) is 37.3 Å². The lowest BCUT2D eigenvalue weighted by Crippen LogP contribution is -2.54. The van der Waals surface area contributed by atoms with Crippen molar-refractivity contribution in [2.75, 3.05) is 4.90 Å². The lowest BCUT2D eigenvalue weighted by Gasteiger charge is -2.29. The molecule has 1 heterocycles. The Hall–Kier alpha value is -3.45. The molecule has 0 radical (unpaired) electrons. The number of amides is 2. The molecule has 2 amide bonds. The zero-order chi connectivity index (χ0) is 25.8. The van der Waals surface area contributed by atoms with Crippen molar-refractivity contribution >= 4 is 64.1 Å². The minimum absolute atomic E-state index is 0.0708. The zero-order valence-electron chi connectivity index (χ0n) is 19.4. The number of carbonyl (C=O) groups excluding carboxylic acids is 2. The summed E-state index contributed by atoms with van der Waals surface area (Å²) in [4.78, 5) is 27.2. The van der Waals surface area contributed by atoms with E-state index < -0.39 is 11.8 Å². The normalized spacial score (nSPS) is 14.7. The fourth-order valence-electron chi connectivity index (χ4n) is 3.82. The van der Waals surface area contributed by atoms with Crippen LogP contribution >= 0.6 is 35.4 Å². The smallest absolute Gasteiger partial charge is 0.270 e. The van der Waals surface area contributed by atoms with E-state index in [-0.39, 0.29) is 26.4 Å². The van der Waals surface area contributed by atoms with E-state index in [0.717, 1.165) is 16.7 Å². The van der Waals surface area contributed by atoms with Gasteiger partial charge in [-0.1, -0.05) is 71.2 Å². The first kappa shape index (κ1) is 25.6. The van der Waals surface area contributed by atoms with Gasteiger partial charge in [-0.15, -0.1) is 6.58 Å². The molecule has 4 rings (SSSR count). The second kappa shape index (κ2) is 11.1. The Bertz CT molecular complexity index is 1420. The third-order valence-corrected chi connectivity index (χ3v) is 6.60. The maximum atomic E-state index is 13.3. The van der Waals surface area contributed by atoms with Gasteiger partial charge in [0.05, 0.1) is 15.7 Å². The summed E-state index contributed by atoms with van der Waals surface area (Å²) < 4.78 is 6.06. The van der Waals surface area contributed by atoms with Gasteiger partial charge in [0.25, 0.3) is 11.8 Å². The number of hydrogen-bond donors (Lipinski definition) is 1. The van der Waals surface area contributed by atoms with Gasteiger partial charge >= 0.3 is 0 Å². The van der Waals surface area contributed by atoms with Gasteiger partial charge in [0.1, 0.15) is 17.9 Å². The topological polar surface area (TPSA) is 58.6 Å². The molecule has 0 aliphatic carbocycles. The number of nitrogens with one attached hydrogen (secondary N) is 1. The number of aryl methyl sites for hydroxylation is 1. The van der Waals surface area contributed by atoms with Crippen molar-refractivity contribution in [1.82, 2.24) is 5.32 Å². The van der Waals surface area contributed by atoms with Crippen LogP contribution in [-0.2, 0) is 22.6 Å². The van der Waals surface area contributed by atoms with Gasteiger partial charge in [0.15, 0.2) is 5.11 Å². The van der Waals surface area contributed by atoms with Crippen LogP contribution < -0.4 is 15.0 Å². The number of thiocarbonyl (C=S) groups is 1. The molecule has 0 saturated carbocycles. The minimum atomic E-state index is -0.599. The van der Waals surface area contributed by atoms with Gasteiger partial charge in [0.2, 0.25) is 0 Å². The largest absolute Gasteiger partial charge is 0.489 e. The highest BCUT2D eigenvalue weighted by molar-refractivity contribution is 7.80. The Morgan fingerprint density at radius 1 is 1.08 bits per heavy atom. The van der Waals surface area contributed by atoms with Crippen LogP contribution in [0.25, 0.3) is 6.08 Å². The summed E-state index contributed by atoms with van der Waals surface area (Å²) in [6.45, 7) is 6.28. The van der Waals surface area contributed by atoms with Crippen LogP contribution in [0.4, 0.5) is 5.69 Å². The molecular formula is C28H22Cl2N2O3S. The molecule has 1 saturated heterocycles. The van der Waals surface area contributed by atoms with Crippen LogP contribution in [0.2, 0.25) is 10.0 Å². The van der Waals surface area contributed by atoms with E-state index in [9.17, 15) is 9.59 Å². The standard InChI is InChI=1S/C28H22Cl2N2O3S/c1-3-6-20-14-18(11-12-24(20)35-16-19-8-4-7-17(2)13-19)15-21-26(33)31-28(36)32(27(21)34)23-10-5-9-22(29)25(23)30/h3-5,7-15H,1,6,16H2,2H3,(H,31,33,36)/b21-15+. The van der Waals surface area contributed by atoms with Crippen molar-refractivity contribution in [2.45, 2.75) is 20.0 Å². The molecule has 5 nitrogen and oxygen atoms in total. The summed E-state index contributed by atoms with van der Waals surface area (Å²) in [6.07, 6.45) is 3.84. The molecule has 3 aromatic rings. The van der Waals surface area contributed by atoms with Crippen LogP contribution in [0.15, 0.2) is 78.9 Å². The average Bonchev–Trinajstić information content (AvgIpc) is 2.84. The van der Waals surface area contributed by atoms with E-state index >= 15 is 0 Å². The summed E-state index contributed by atoms with van der Waals surface area (Å²) in [6, 6.07) is 18.4. The Morgan fingerprint density at radius 3 is 2.61 bits per heavy atom. The van der Waals surface area contributed by atoms with Crippen molar-refractivity contribution in [3.63, 3.8) is 0 Å². The first-order valence-electron chi connectivity index (χ1n) is 11.1. The molecule has 1 N–H and O–H groups in total. The van der Waals surface area contributed by atoms with Gasteiger partial charge in [-0.3, -0.25) is 19.8 Å². The quantitative estimate of drug-likeness (QED) is 0.163. The summed E-state index contributed by atoms with van der Waals surface area (Å²) in [7, 11) is 0. The summed E-state index contributed by atoms with van der Waals surface area (Å²) >= 11 is 17.7. The fourth-order valence-corrected chi connectivity index (χ4v) is 4.47. The van der Waals surface area contributed by atoms with Gasteiger partial charge < -0.3 is 4.74 Å². The fraction of sp³-hybridized carbons (Fsp3) is 0.107. The monoisotopic (exact) mass is 536 g/mol. The van der Waals surface area contributed by atoms with Crippen LogP contribution in [0.3, 0.4) is 0 Å². The lowest BCUT2D eigenvalue weighted by molar-refractivity contribution is -0.122. The van der Waals surface area contributed by atoms with Gasteiger partial charge in [-0.2, -0.15) is 0 Å². The molecule has 0 atom stereocenters. The molecule has 0 aromatic heterocycles. The minimum Gasteiger partial charge on any atom is -0.489 e. The Kier molecular flexibility index (Phi) is 7.89. The number of ether oxygens (including phenoxy) is 1. The van der Waals surface area contributed by atoms with E-state index in [2.05, 4.69) is 18.0 Å². The van der Waals surface area contributed by atoms with Crippen molar-refractivity contribution in [3.05, 3.63) is 111 Å². The van der Waals surface area contributed by atoms with Gasteiger partial charge in [0, 0.05) is 0 Å². The van der Waals surface area contributed by atoms with Crippen molar-refractivity contribution in [1.29, 1.82) is 0 Å². The maximum Gasteiger partial charge on any atom is 0.270 e. The Balaban J connectivity index is 1.64. The number of nitrogens with zero attached hydrogens (tertiary/aromatic N) is 1. The molecule has 36 heavy (non-hydrogen) atoms. The Labute approximate surface area is 225 Å². The number of rotatable bonds is 7. The summed E-state index contributed by atoms with van der Waals surface area (Å²) in [5.74, 6) is -0.492. The number of hydrogen-bond acceptors (Lipinski definition) is 4. The first-order chi connectivity index (χ1) is 17.3. The van der Waals surface area contributed by atoms with E-state index in [1.165, 1.54) is 11.0 Å². The predicted molar refractivity (Wildman–Crippen MR) is 149 cm³/mol. The van der Waals surface area contributed by atoms with E-state index in [0.29, 0.717) is 24.3 Å². The zero-order valence-corrected chi connectivity index (χ0v) is 21.7. The molecule has 1 aliphatic heterocycles. The van der Waals surface area contributed by atoms with Crippen LogP contribution in [0.5, 0.6) is 5.75 Å². The van der Waals surface area contributed by atoms with Gasteiger partial charge in [-0.05, 0) is 72.6 Å². The number of halogens is 2. The van der Waals surface area contributed by atoms with Crippen molar-refractivity contribution in [2.24, 2.45) is 0 Å². The highest BCUT2D eigenvalue weighted by atomic mass is 35.5. The first-order valence-corrected chi connectivity index (χ1v) is 12.2. The van der Waals surface area contributed by atoms with E-state index in [4.69, 9.17) is 40.2 Å². The average molecular weight is 537 g/mol. The highest BCUT2D eigenvalue weighted by Crippen LogP contribution is 2.34. The molecular weight excluding hydrogens is 515 g/mol. The molecule has 8 heteroatoms. The highest BCUT2D eigenvalue weighted by Gasteiger charge is 2.35. The number of carbonyl (C=O) groups is 2. The molecule has 0 bridgehead atoms.